The van der Waals surface area contributed by atoms with Crippen molar-refractivity contribution in [2.75, 3.05) is 6.54 Å². The Hall–Kier alpha value is -1.35. The van der Waals surface area contributed by atoms with E-state index < -0.39 is 5.97 Å². The van der Waals surface area contributed by atoms with Crippen LogP contribution in [0.4, 0.5) is 0 Å². The van der Waals surface area contributed by atoms with Crippen LogP contribution in [-0.4, -0.2) is 17.6 Å². The molecule has 0 spiro atoms. The van der Waals surface area contributed by atoms with Gasteiger partial charge in [0.15, 0.2) is 0 Å². The average Bonchev–Trinajstić information content (AvgIpc) is 2.29. The molecule has 0 atom stereocenters. The molecule has 0 heterocycles. The Kier molecular flexibility index (Phi) is 5.70. The summed E-state index contributed by atoms with van der Waals surface area (Å²) < 4.78 is 0. The molecular weight excluding hydrogens is 214 g/mol. The van der Waals surface area contributed by atoms with Crippen molar-refractivity contribution in [3.05, 3.63) is 35.4 Å². The van der Waals surface area contributed by atoms with E-state index in [1.54, 1.807) is 12.1 Å². The summed E-state index contributed by atoms with van der Waals surface area (Å²) in [5.74, 6) is -0.118. The van der Waals surface area contributed by atoms with Crippen LogP contribution in [0, 0.1) is 5.92 Å². The maximum Gasteiger partial charge on any atom is 0.335 e. The van der Waals surface area contributed by atoms with Crippen molar-refractivity contribution in [2.45, 2.75) is 33.2 Å². The largest absolute Gasteiger partial charge is 0.478 e. The second-order valence-corrected chi connectivity index (χ2v) is 4.71. The highest BCUT2D eigenvalue weighted by atomic mass is 16.4. The molecule has 0 aromatic heterocycles. The third-order valence-corrected chi connectivity index (χ3v) is 2.67. The van der Waals surface area contributed by atoms with E-state index in [1.807, 2.05) is 12.1 Å². The zero-order valence-corrected chi connectivity index (χ0v) is 10.6. The second kappa shape index (κ2) is 7.07. The van der Waals surface area contributed by atoms with Gasteiger partial charge >= 0.3 is 5.97 Å². The van der Waals surface area contributed by atoms with Gasteiger partial charge in [-0.15, -0.1) is 0 Å². The molecule has 17 heavy (non-hydrogen) atoms. The van der Waals surface area contributed by atoms with E-state index in [-0.39, 0.29) is 0 Å². The highest BCUT2D eigenvalue weighted by Gasteiger charge is 2.01. The predicted molar refractivity (Wildman–Crippen MR) is 69.2 cm³/mol. The highest BCUT2D eigenvalue weighted by Crippen LogP contribution is 2.05. The zero-order valence-electron chi connectivity index (χ0n) is 10.6. The number of hydrogen-bond acceptors (Lipinski definition) is 2. The van der Waals surface area contributed by atoms with Gasteiger partial charge in [-0.2, -0.15) is 0 Å². The van der Waals surface area contributed by atoms with Gasteiger partial charge in [0, 0.05) is 6.54 Å². The third kappa shape index (κ3) is 5.50. The molecule has 2 N–H and O–H groups in total. The molecule has 0 amide bonds. The minimum Gasteiger partial charge on any atom is -0.478 e. The minimum absolute atomic E-state index is 0.341. The van der Waals surface area contributed by atoms with Gasteiger partial charge in [-0.05, 0) is 43.0 Å². The summed E-state index contributed by atoms with van der Waals surface area (Å²) in [7, 11) is 0. The summed E-state index contributed by atoms with van der Waals surface area (Å²) in [6, 6.07) is 7.01. The van der Waals surface area contributed by atoms with E-state index in [4.69, 9.17) is 5.11 Å². The van der Waals surface area contributed by atoms with Gasteiger partial charge < -0.3 is 10.4 Å². The lowest BCUT2D eigenvalue weighted by molar-refractivity contribution is 0.0697. The van der Waals surface area contributed by atoms with Crippen LogP contribution in [0.1, 0.15) is 42.6 Å². The molecule has 0 saturated carbocycles. The van der Waals surface area contributed by atoms with Crippen LogP contribution in [0.2, 0.25) is 0 Å². The summed E-state index contributed by atoms with van der Waals surface area (Å²) in [4.78, 5) is 10.7. The van der Waals surface area contributed by atoms with E-state index in [1.165, 1.54) is 12.8 Å². The Balaban J connectivity index is 2.25. The molecule has 0 aliphatic carbocycles. The van der Waals surface area contributed by atoms with Crippen LogP contribution in [0.15, 0.2) is 24.3 Å². The van der Waals surface area contributed by atoms with Gasteiger partial charge in [0.1, 0.15) is 0 Å². The summed E-state index contributed by atoms with van der Waals surface area (Å²) >= 11 is 0. The van der Waals surface area contributed by atoms with E-state index in [9.17, 15) is 4.79 Å². The van der Waals surface area contributed by atoms with Crippen molar-refractivity contribution in [2.24, 2.45) is 5.92 Å². The molecule has 0 aliphatic heterocycles. The molecule has 0 unspecified atom stereocenters. The number of benzene rings is 1. The zero-order chi connectivity index (χ0) is 12.7. The van der Waals surface area contributed by atoms with Gasteiger partial charge in [0.05, 0.1) is 5.56 Å². The monoisotopic (exact) mass is 235 g/mol. The first kappa shape index (κ1) is 13.7. The lowest BCUT2D eigenvalue weighted by Crippen LogP contribution is -2.15. The number of carboxylic acids is 1. The van der Waals surface area contributed by atoms with Crippen LogP contribution in [0.5, 0.6) is 0 Å². The lowest BCUT2D eigenvalue weighted by atomic mass is 10.1. The van der Waals surface area contributed by atoms with E-state index in [0.29, 0.717) is 5.56 Å². The SMILES string of the molecule is CC(C)CCCNCc1ccc(C(=O)O)cc1. The Bertz CT molecular complexity index is 344. The van der Waals surface area contributed by atoms with Crippen LogP contribution >= 0.6 is 0 Å². The van der Waals surface area contributed by atoms with E-state index in [2.05, 4.69) is 19.2 Å². The van der Waals surface area contributed by atoms with E-state index >= 15 is 0 Å². The molecule has 0 bridgehead atoms. The maximum absolute atomic E-state index is 10.7. The van der Waals surface area contributed by atoms with Crippen LogP contribution in [0.25, 0.3) is 0 Å². The second-order valence-electron chi connectivity index (χ2n) is 4.71. The first-order valence-electron chi connectivity index (χ1n) is 6.12. The Morgan fingerprint density at radius 1 is 1.29 bits per heavy atom. The number of carbonyl (C=O) groups is 1. The van der Waals surface area contributed by atoms with Gasteiger partial charge in [-0.1, -0.05) is 26.0 Å². The molecular formula is C14H21NO2. The topological polar surface area (TPSA) is 49.3 Å². The number of hydrogen-bond donors (Lipinski definition) is 2. The lowest BCUT2D eigenvalue weighted by Gasteiger charge is -2.06. The summed E-state index contributed by atoms with van der Waals surface area (Å²) in [5.41, 5.74) is 1.47. The van der Waals surface area contributed by atoms with Crippen molar-refractivity contribution >= 4 is 5.97 Å². The first-order valence-corrected chi connectivity index (χ1v) is 6.12. The van der Waals surface area contributed by atoms with Crippen LogP contribution in [-0.2, 0) is 6.54 Å². The number of nitrogens with one attached hydrogen (secondary N) is 1. The van der Waals surface area contributed by atoms with Crippen molar-refractivity contribution in [1.82, 2.24) is 5.32 Å². The molecule has 94 valence electrons. The molecule has 3 heteroatoms. The number of carboxylic acid groups (broad SMARTS) is 1. The summed E-state index contributed by atoms with van der Waals surface area (Å²) in [6.45, 7) is 6.27. The fourth-order valence-corrected chi connectivity index (χ4v) is 1.63. The average molecular weight is 235 g/mol. The van der Waals surface area contributed by atoms with Gasteiger partial charge in [0.25, 0.3) is 0 Å². The van der Waals surface area contributed by atoms with Gasteiger partial charge in [-0.3, -0.25) is 0 Å². The van der Waals surface area contributed by atoms with Crippen molar-refractivity contribution in [3.8, 4) is 0 Å². The van der Waals surface area contributed by atoms with Crippen LogP contribution < -0.4 is 5.32 Å². The number of rotatable bonds is 7. The fraction of sp³-hybridized carbons (Fsp3) is 0.500. The van der Waals surface area contributed by atoms with Crippen molar-refractivity contribution < 1.29 is 9.90 Å². The fourth-order valence-electron chi connectivity index (χ4n) is 1.63. The van der Waals surface area contributed by atoms with Crippen molar-refractivity contribution in [3.63, 3.8) is 0 Å². The van der Waals surface area contributed by atoms with Gasteiger partial charge in [-0.25, -0.2) is 4.79 Å². The third-order valence-electron chi connectivity index (χ3n) is 2.67. The molecule has 0 saturated heterocycles. The molecule has 0 fully saturated rings. The smallest absolute Gasteiger partial charge is 0.335 e. The minimum atomic E-state index is -0.874. The first-order chi connectivity index (χ1) is 8.09. The molecule has 3 nitrogen and oxygen atoms in total. The molecule has 0 radical (unpaired) electrons. The summed E-state index contributed by atoms with van der Waals surface area (Å²) in [6.07, 6.45) is 2.43. The molecule has 1 aromatic rings. The molecule has 0 aliphatic rings. The number of aromatic carboxylic acids is 1. The Morgan fingerprint density at radius 2 is 1.94 bits per heavy atom. The summed E-state index contributed by atoms with van der Waals surface area (Å²) in [5, 5.41) is 12.1. The molecule has 1 rings (SSSR count). The quantitative estimate of drug-likeness (QED) is 0.714. The van der Waals surface area contributed by atoms with Gasteiger partial charge in [0.2, 0.25) is 0 Å². The molecule has 1 aromatic carbocycles. The van der Waals surface area contributed by atoms with Crippen molar-refractivity contribution in [1.29, 1.82) is 0 Å². The standard InChI is InChI=1S/C14H21NO2/c1-11(2)4-3-9-15-10-12-5-7-13(8-6-12)14(16)17/h5-8,11,15H,3-4,9-10H2,1-2H3,(H,16,17). The predicted octanol–water partition coefficient (Wildman–Crippen LogP) is 2.91. The van der Waals surface area contributed by atoms with E-state index in [0.717, 1.165) is 24.6 Å². The Morgan fingerprint density at radius 3 is 2.47 bits per heavy atom. The van der Waals surface area contributed by atoms with Crippen LogP contribution in [0.3, 0.4) is 0 Å². The Labute approximate surface area is 103 Å². The normalized spacial score (nSPS) is 10.8. The highest BCUT2D eigenvalue weighted by molar-refractivity contribution is 5.87. The maximum atomic E-state index is 10.7.